The minimum atomic E-state index is 0.188. The van der Waals surface area contributed by atoms with Gasteiger partial charge in [0, 0.05) is 30.7 Å². The Balaban J connectivity index is 2.09. The van der Waals surface area contributed by atoms with Crippen LogP contribution >= 0.6 is 11.3 Å². The maximum absolute atomic E-state index is 9.27. The Hall–Kier alpha value is -1.30. The van der Waals surface area contributed by atoms with Crippen molar-refractivity contribution in [2.75, 3.05) is 13.2 Å². The van der Waals surface area contributed by atoms with Gasteiger partial charge >= 0.3 is 0 Å². The van der Waals surface area contributed by atoms with Gasteiger partial charge in [-0.05, 0) is 25.0 Å². The molecule has 0 spiro atoms. The van der Waals surface area contributed by atoms with E-state index < -0.39 is 0 Å². The van der Waals surface area contributed by atoms with E-state index in [1.165, 1.54) is 0 Å². The number of aliphatic hydroxyl groups is 1. The average molecular weight is 305 g/mol. The van der Waals surface area contributed by atoms with Gasteiger partial charge in [0.05, 0.1) is 18.0 Å². The van der Waals surface area contributed by atoms with E-state index in [2.05, 4.69) is 34.1 Å². The molecule has 0 amide bonds. The summed E-state index contributed by atoms with van der Waals surface area (Å²) in [5, 5.41) is 12.3. The zero-order valence-corrected chi connectivity index (χ0v) is 13.5. The van der Waals surface area contributed by atoms with E-state index in [1.807, 2.05) is 18.2 Å². The van der Waals surface area contributed by atoms with Crippen molar-refractivity contribution in [1.82, 2.24) is 14.9 Å². The molecule has 2 heterocycles. The molecule has 0 aliphatic rings. The van der Waals surface area contributed by atoms with Crippen molar-refractivity contribution in [3.63, 3.8) is 0 Å². The molecule has 0 aromatic carbocycles. The summed E-state index contributed by atoms with van der Waals surface area (Å²) in [6.07, 6.45) is 3.97. The first-order chi connectivity index (χ1) is 10.3. The van der Waals surface area contributed by atoms with Crippen LogP contribution in [-0.4, -0.2) is 39.2 Å². The Morgan fingerprint density at radius 2 is 2.10 bits per heavy atom. The molecule has 0 aliphatic heterocycles. The second-order valence-corrected chi connectivity index (χ2v) is 5.88. The Kier molecular flexibility index (Phi) is 6.29. The smallest absolute Gasteiger partial charge is 0.142 e. The average Bonchev–Trinajstić information content (AvgIpc) is 2.98. The molecule has 0 bridgehead atoms. The highest BCUT2D eigenvalue weighted by atomic mass is 32.1. The number of aliphatic hydroxyl groups excluding tert-OH is 1. The molecular formula is C16H23N3OS. The molecule has 5 heteroatoms. The Morgan fingerprint density at radius 1 is 1.29 bits per heavy atom. The zero-order chi connectivity index (χ0) is 15.1. The first kappa shape index (κ1) is 16.1. The molecule has 1 N–H and O–H groups in total. The molecule has 0 unspecified atom stereocenters. The highest BCUT2D eigenvalue weighted by molar-refractivity contribution is 7.13. The van der Waals surface area contributed by atoms with Gasteiger partial charge in [0.25, 0.3) is 0 Å². The molecule has 0 saturated carbocycles. The molecule has 2 aromatic heterocycles. The van der Waals surface area contributed by atoms with Crippen LogP contribution in [0.2, 0.25) is 0 Å². The Morgan fingerprint density at radius 3 is 2.71 bits per heavy atom. The highest BCUT2D eigenvalue weighted by Crippen LogP contribution is 2.23. The van der Waals surface area contributed by atoms with Crippen molar-refractivity contribution in [3.05, 3.63) is 35.5 Å². The van der Waals surface area contributed by atoms with Gasteiger partial charge < -0.3 is 5.11 Å². The first-order valence-electron chi connectivity index (χ1n) is 7.49. The standard InChI is InChI=1S/C16H23N3OS/c1-3-14(4-2)19(9-10-20)11-13-12-21-16(18-13)15-7-5-6-8-17-15/h5-8,12,14,20H,3-4,9-11H2,1-2H3. The number of nitrogens with zero attached hydrogens (tertiary/aromatic N) is 3. The zero-order valence-electron chi connectivity index (χ0n) is 12.7. The molecule has 0 atom stereocenters. The number of hydrogen-bond acceptors (Lipinski definition) is 5. The van der Waals surface area contributed by atoms with Crippen LogP contribution in [0.3, 0.4) is 0 Å². The van der Waals surface area contributed by atoms with Crippen LogP contribution in [0.25, 0.3) is 10.7 Å². The van der Waals surface area contributed by atoms with Crippen molar-refractivity contribution < 1.29 is 5.11 Å². The third-order valence-electron chi connectivity index (χ3n) is 3.65. The lowest BCUT2D eigenvalue weighted by molar-refractivity contribution is 0.135. The number of hydrogen-bond donors (Lipinski definition) is 1. The predicted molar refractivity (Wildman–Crippen MR) is 87.2 cm³/mol. The number of rotatable bonds is 8. The normalized spacial score (nSPS) is 11.5. The number of pyridine rings is 1. The van der Waals surface area contributed by atoms with Gasteiger partial charge in [0.2, 0.25) is 0 Å². The lowest BCUT2D eigenvalue weighted by atomic mass is 10.1. The number of aromatic nitrogens is 2. The third kappa shape index (κ3) is 4.33. The van der Waals surface area contributed by atoms with Crippen LogP contribution in [0.5, 0.6) is 0 Å². The summed E-state index contributed by atoms with van der Waals surface area (Å²) in [6.45, 7) is 6.06. The van der Waals surface area contributed by atoms with Gasteiger partial charge in [-0.25, -0.2) is 4.98 Å². The monoisotopic (exact) mass is 305 g/mol. The van der Waals surface area contributed by atoms with Gasteiger partial charge in [-0.3, -0.25) is 9.88 Å². The second kappa shape index (κ2) is 8.22. The van der Waals surface area contributed by atoms with E-state index in [0.29, 0.717) is 12.6 Å². The van der Waals surface area contributed by atoms with Crippen LogP contribution in [0.1, 0.15) is 32.4 Å². The van der Waals surface area contributed by atoms with Crippen LogP contribution in [-0.2, 0) is 6.54 Å². The number of thiazole rings is 1. The lowest BCUT2D eigenvalue weighted by Crippen LogP contribution is -2.36. The molecule has 114 valence electrons. The highest BCUT2D eigenvalue weighted by Gasteiger charge is 2.16. The Labute approximate surface area is 130 Å². The fourth-order valence-corrected chi connectivity index (χ4v) is 3.31. The lowest BCUT2D eigenvalue weighted by Gasteiger charge is -2.29. The summed E-state index contributed by atoms with van der Waals surface area (Å²) in [5.41, 5.74) is 1.98. The van der Waals surface area contributed by atoms with Crippen LogP contribution in [0.4, 0.5) is 0 Å². The van der Waals surface area contributed by atoms with E-state index in [0.717, 1.165) is 35.8 Å². The second-order valence-electron chi connectivity index (χ2n) is 5.02. The predicted octanol–water partition coefficient (Wildman–Crippen LogP) is 3.19. The fourth-order valence-electron chi connectivity index (χ4n) is 2.52. The van der Waals surface area contributed by atoms with Crippen LogP contribution < -0.4 is 0 Å². The fraction of sp³-hybridized carbons (Fsp3) is 0.500. The first-order valence-corrected chi connectivity index (χ1v) is 8.37. The van der Waals surface area contributed by atoms with E-state index in [-0.39, 0.29) is 6.61 Å². The summed E-state index contributed by atoms with van der Waals surface area (Å²) in [4.78, 5) is 11.3. The van der Waals surface area contributed by atoms with Gasteiger partial charge in [-0.15, -0.1) is 11.3 Å². The SMILES string of the molecule is CCC(CC)N(CCO)Cc1csc(-c2ccccn2)n1. The van der Waals surface area contributed by atoms with Gasteiger partial charge in [0.1, 0.15) is 5.01 Å². The van der Waals surface area contributed by atoms with Crippen molar-refractivity contribution in [2.45, 2.75) is 39.3 Å². The molecule has 0 aliphatic carbocycles. The third-order valence-corrected chi connectivity index (χ3v) is 4.56. The summed E-state index contributed by atoms with van der Waals surface area (Å²) >= 11 is 1.63. The maximum Gasteiger partial charge on any atom is 0.142 e. The molecule has 2 rings (SSSR count). The van der Waals surface area contributed by atoms with Crippen molar-refractivity contribution in [1.29, 1.82) is 0 Å². The molecule has 0 saturated heterocycles. The minimum Gasteiger partial charge on any atom is -0.395 e. The van der Waals surface area contributed by atoms with Gasteiger partial charge in [-0.1, -0.05) is 19.9 Å². The van der Waals surface area contributed by atoms with Crippen molar-refractivity contribution in [3.8, 4) is 10.7 Å². The summed E-state index contributed by atoms with van der Waals surface area (Å²) in [5.74, 6) is 0. The topological polar surface area (TPSA) is 49.2 Å². The van der Waals surface area contributed by atoms with E-state index in [4.69, 9.17) is 0 Å². The maximum atomic E-state index is 9.27. The molecular weight excluding hydrogens is 282 g/mol. The van der Waals surface area contributed by atoms with E-state index in [9.17, 15) is 5.11 Å². The minimum absolute atomic E-state index is 0.188. The van der Waals surface area contributed by atoms with E-state index in [1.54, 1.807) is 17.5 Å². The summed E-state index contributed by atoms with van der Waals surface area (Å²) in [6, 6.07) is 6.37. The van der Waals surface area contributed by atoms with Crippen LogP contribution in [0, 0.1) is 0 Å². The van der Waals surface area contributed by atoms with Gasteiger partial charge in [0.15, 0.2) is 0 Å². The van der Waals surface area contributed by atoms with Gasteiger partial charge in [-0.2, -0.15) is 0 Å². The van der Waals surface area contributed by atoms with E-state index >= 15 is 0 Å². The largest absolute Gasteiger partial charge is 0.395 e. The van der Waals surface area contributed by atoms with Crippen molar-refractivity contribution in [2.24, 2.45) is 0 Å². The molecule has 4 nitrogen and oxygen atoms in total. The van der Waals surface area contributed by atoms with Crippen molar-refractivity contribution >= 4 is 11.3 Å². The quantitative estimate of drug-likeness (QED) is 0.814. The Bertz CT molecular complexity index is 525. The van der Waals surface area contributed by atoms with Crippen LogP contribution in [0.15, 0.2) is 29.8 Å². The molecule has 0 radical (unpaired) electrons. The molecule has 21 heavy (non-hydrogen) atoms. The molecule has 0 fully saturated rings. The summed E-state index contributed by atoms with van der Waals surface area (Å²) in [7, 11) is 0. The summed E-state index contributed by atoms with van der Waals surface area (Å²) < 4.78 is 0. The molecule has 2 aromatic rings.